The van der Waals surface area contributed by atoms with Crippen LogP contribution in [0.4, 0.5) is 5.69 Å². The normalized spacial score (nSPS) is 15.5. The fraction of sp³-hybridized carbons (Fsp3) is 0.524. The first kappa shape index (κ1) is 21.6. The highest BCUT2D eigenvalue weighted by Crippen LogP contribution is 2.14. The number of carbonyl (C=O) groups is 4. The number of likely N-dealkylation sites (tertiary alicyclic amines) is 1. The van der Waals surface area contributed by atoms with Crippen molar-refractivity contribution in [2.75, 3.05) is 18.4 Å². The van der Waals surface area contributed by atoms with E-state index in [9.17, 15) is 19.2 Å². The third-order valence-electron chi connectivity index (χ3n) is 4.60. The number of Topliss-reactive ketones (excluding diaryl/α,β-unsaturated/α-hetero) is 1. The van der Waals surface area contributed by atoms with Crippen LogP contribution >= 0.6 is 0 Å². The highest BCUT2D eigenvalue weighted by molar-refractivity contribution is 6.01. The lowest BCUT2D eigenvalue weighted by Crippen LogP contribution is -2.37. The fourth-order valence-electron chi connectivity index (χ4n) is 3.05. The van der Waals surface area contributed by atoms with E-state index in [-0.39, 0.29) is 24.1 Å². The highest BCUT2D eigenvalue weighted by Gasteiger charge is 2.24. The summed E-state index contributed by atoms with van der Waals surface area (Å²) in [6, 6.07) is 6.47. The van der Waals surface area contributed by atoms with Crippen LogP contribution in [0.25, 0.3) is 0 Å². The van der Waals surface area contributed by atoms with E-state index in [4.69, 9.17) is 4.74 Å². The minimum atomic E-state index is -0.949. The smallest absolute Gasteiger partial charge is 0.326 e. The fourth-order valence-corrected chi connectivity index (χ4v) is 3.05. The zero-order chi connectivity index (χ0) is 20.5. The van der Waals surface area contributed by atoms with Gasteiger partial charge in [-0.2, -0.15) is 0 Å². The summed E-state index contributed by atoms with van der Waals surface area (Å²) in [6.45, 7) is 3.86. The van der Waals surface area contributed by atoms with Crippen LogP contribution in [0, 0.1) is 0 Å². The van der Waals surface area contributed by atoms with Crippen LogP contribution in [0.5, 0.6) is 0 Å². The van der Waals surface area contributed by atoms with Crippen LogP contribution in [0.15, 0.2) is 24.3 Å². The van der Waals surface area contributed by atoms with Crippen molar-refractivity contribution in [3.8, 4) is 0 Å². The Balaban J connectivity index is 1.88. The number of hydrogen-bond acceptors (Lipinski definition) is 5. The van der Waals surface area contributed by atoms with E-state index in [0.29, 0.717) is 30.6 Å². The molecule has 1 aliphatic rings. The SMILES string of the molecule is CCCC(=O)Nc1ccc(C(=O)C(C)OC(=O)CN2CCCCCC2=O)cc1. The molecule has 0 aliphatic carbocycles. The van der Waals surface area contributed by atoms with Gasteiger partial charge in [-0.15, -0.1) is 0 Å². The lowest BCUT2D eigenvalue weighted by atomic mass is 10.1. The van der Waals surface area contributed by atoms with Crippen LogP contribution in [-0.2, 0) is 19.1 Å². The maximum absolute atomic E-state index is 12.5. The lowest BCUT2D eigenvalue weighted by molar-refractivity contribution is -0.151. The third kappa shape index (κ3) is 6.48. The van der Waals surface area contributed by atoms with Crippen molar-refractivity contribution in [1.82, 2.24) is 4.90 Å². The molecule has 1 unspecified atom stereocenters. The van der Waals surface area contributed by atoms with Gasteiger partial charge < -0.3 is 15.0 Å². The Morgan fingerprint density at radius 2 is 1.86 bits per heavy atom. The maximum Gasteiger partial charge on any atom is 0.326 e. The molecule has 0 spiro atoms. The average molecular weight is 388 g/mol. The molecular formula is C21H28N2O5. The zero-order valence-electron chi connectivity index (χ0n) is 16.5. The lowest BCUT2D eigenvalue weighted by Gasteiger charge is -2.20. The molecule has 7 heteroatoms. The number of ether oxygens (including phenoxy) is 1. The Hall–Kier alpha value is -2.70. The summed E-state index contributed by atoms with van der Waals surface area (Å²) in [4.78, 5) is 49.7. The van der Waals surface area contributed by atoms with Crippen molar-refractivity contribution >= 4 is 29.3 Å². The van der Waals surface area contributed by atoms with Gasteiger partial charge in [0.25, 0.3) is 0 Å². The largest absolute Gasteiger partial charge is 0.453 e. The molecule has 0 aromatic heterocycles. The number of ketones is 1. The standard InChI is InChI=1S/C21H28N2O5/c1-3-7-18(24)22-17-11-9-16(10-12-17)21(27)15(2)28-20(26)14-23-13-6-4-5-8-19(23)25/h9-12,15H,3-8,13-14H2,1-2H3,(H,22,24). The number of amides is 2. The molecule has 1 fully saturated rings. The number of nitrogens with one attached hydrogen (secondary N) is 1. The van der Waals surface area contributed by atoms with E-state index in [0.717, 1.165) is 25.7 Å². The summed E-state index contributed by atoms with van der Waals surface area (Å²) in [5.74, 6) is -1.04. The van der Waals surface area contributed by atoms with Gasteiger partial charge in [-0.3, -0.25) is 19.2 Å². The minimum absolute atomic E-state index is 0.0471. The summed E-state index contributed by atoms with van der Waals surface area (Å²) < 4.78 is 5.23. The summed E-state index contributed by atoms with van der Waals surface area (Å²) in [5.41, 5.74) is 0.999. The molecule has 1 aliphatic heterocycles. The van der Waals surface area contributed by atoms with Crippen molar-refractivity contribution in [2.45, 2.75) is 58.5 Å². The number of carbonyl (C=O) groups excluding carboxylic acids is 4. The van der Waals surface area contributed by atoms with Crippen molar-refractivity contribution in [2.24, 2.45) is 0 Å². The zero-order valence-corrected chi connectivity index (χ0v) is 16.5. The van der Waals surface area contributed by atoms with Crippen LogP contribution in [-0.4, -0.2) is 47.7 Å². The molecule has 1 aromatic rings. The van der Waals surface area contributed by atoms with E-state index in [1.807, 2.05) is 6.92 Å². The predicted molar refractivity (Wildman–Crippen MR) is 105 cm³/mol. The average Bonchev–Trinajstić information content (AvgIpc) is 2.86. The second-order valence-corrected chi connectivity index (χ2v) is 7.00. The van der Waals surface area contributed by atoms with Gasteiger partial charge in [0.15, 0.2) is 6.10 Å². The van der Waals surface area contributed by atoms with Crippen LogP contribution in [0.1, 0.15) is 62.7 Å². The molecule has 0 radical (unpaired) electrons. The summed E-state index contributed by atoms with van der Waals surface area (Å²) in [7, 11) is 0. The van der Waals surface area contributed by atoms with Gasteiger partial charge in [-0.05, 0) is 50.5 Å². The topological polar surface area (TPSA) is 92.8 Å². The maximum atomic E-state index is 12.5. The van der Waals surface area contributed by atoms with Crippen LogP contribution in [0.3, 0.4) is 0 Å². The van der Waals surface area contributed by atoms with Gasteiger partial charge in [0.2, 0.25) is 17.6 Å². The first-order valence-electron chi connectivity index (χ1n) is 9.82. The first-order chi connectivity index (χ1) is 13.4. The molecule has 7 nitrogen and oxygen atoms in total. The first-order valence-corrected chi connectivity index (χ1v) is 9.82. The molecule has 1 heterocycles. The van der Waals surface area contributed by atoms with Crippen molar-refractivity contribution in [3.05, 3.63) is 29.8 Å². The molecule has 1 aromatic carbocycles. The van der Waals surface area contributed by atoms with Crippen molar-refractivity contribution in [3.63, 3.8) is 0 Å². The number of rotatable bonds is 8. The molecule has 1 saturated heterocycles. The van der Waals surface area contributed by atoms with Crippen LogP contribution in [0.2, 0.25) is 0 Å². The number of nitrogens with zero attached hydrogens (tertiary/aromatic N) is 1. The Kier molecular flexibility index (Phi) is 8.17. The molecular weight excluding hydrogens is 360 g/mol. The monoisotopic (exact) mass is 388 g/mol. The van der Waals surface area contributed by atoms with Gasteiger partial charge in [0.1, 0.15) is 6.54 Å². The quantitative estimate of drug-likeness (QED) is 0.546. The van der Waals surface area contributed by atoms with E-state index < -0.39 is 12.1 Å². The minimum Gasteiger partial charge on any atom is -0.453 e. The summed E-state index contributed by atoms with van der Waals surface area (Å²) >= 11 is 0. The van der Waals surface area contributed by atoms with Gasteiger partial charge in [-0.25, -0.2) is 0 Å². The number of benzene rings is 1. The van der Waals surface area contributed by atoms with E-state index >= 15 is 0 Å². The van der Waals surface area contributed by atoms with Gasteiger partial charge in [-0.1, -0.05) is 13.3 Å². The number of esters is 1. The molecule has 0 bridgehead atoms. The molecule has 152 valence electrons. The molecule has 2 amide bonds. The molecule has 1 N–H and O–H groups in total. The number of hydrogen-bond donors (Lipinski definition) is 1. The predicted octanol–water partition coefficient (Wildman–Crippen LogP) is 2.94. The highest BCUT2D eigenvalue weighted by atomic mass is 16.5. The van der Waals surface area contributed by atoms with Gasteiger partial charge in [0.05, 0.1) is 0 Å². The summed E-state index contributed by atoms with van der Waals surface area (Å²) in [5, 5.41) is 2.75. The van der Waals surface area contributed by atoms with E-state index in [1.54, 1.807) is 24.3 Å². The van der Waals surface area contributed by atoms with Crippen LogP contribution < -0.4 is 5.32 Å². The Morgan fingerprint density at radius 1 is 1.14 bits per heavy atom. The molecule has 28 heavy (non-hydrogen) atoms. The molecule has 0 saturated carbocycles. The van der Waals surface area contributed by atoms with Crippen molar-refractivity contribution in [1.29, 1.82) is 0 Å². The third-order valence-corrected chi connectivity index (χ3v) is 4.60. The second kappa shape index (κ2) is 10.6. The number of anilines is 1. The van der Waals surface area contributed by atoms with E-state index in [2.05, 4.69) is 5.32 Å². The Morgan fingerprint density at radius 3 is 2.54 bits per heavy atom. The van der Waals surface area contributed by atoms with E-state index in [1.165, 1.54) is 11.8 Å². The molecule has 1 atom stereocenters. The summed E-state index contributed by atoms with van der Waals surface area (Å²) in [6.07, 6.45) is 3.38. The van der Waals surface area contributed by atoms with Gasteiger partial charge >= 0.3 is 5.97 Å². The van der Waals surface area contributed by atoms with Crippen molar-refractivity contribution < 1.29 is 23.9 Å². The molecule has 2 rings (SSSR count). The van der Waals surface area contributed by atoms with Gasteiger partial charge in [0, 0.05) is 30.6 Å². The second-order valence-electron chi connectivity index (χ2n) is 7.00. The Labute approximate surface area is 165 Å². The Bertz CT molecular complexity index is 714.